The number of hydrogen-bond donors (Lipinski definition) is 2. The van der Waals surface area contributed by atoms with Gasteiger partial charge in [0.1, 0.15) is 12.4 Å². The molecule has 0 radical (unpaired) electrons. The lowest BCUT2D eigenvalue weighted by Crippen LogP contribution is -2.32. The summed E-state index contributed by atoms with van der Waals surface area (Å²) in [5.41, 5.74) is 3.14. The number of carbonyl (C=O) groups is 2. The highest BCUT2D eigenvalue weighted by Crippen LogP contribution is 2.16. The first-order valence-electron chi connectivity index (χ1n) is 7.92. The van der Waals surface area contributed by atoms with Crippen LogP contribution in [0.4, 0.5) is 10.5 Å². The van der Waals surface area contributed by atoms with Crippen LogP contribution in [0.15, 0.2) is 42.5 Å². The van der Waals surface area contributed by atoms with Gasteiger partial charge in [-0.2, -0.15) is 0 Å². The zero-order valence-electron chi connectivity index (χ0n) is 14.6. The van der Waals surface area contributed by atoms with E-state index in [2.05, 4.69) is 21.4 Å². The van der Waals surface area contributed by atoms with E-state index in [0.29, 0.717) is 24.4 Å². The first kappa shape index (κ1) is 18.3. The van der Waals surface area contributed by atoms with Crippen molar-refractivity contribution in [3.05, 3.63) is 59.2 Å². The first-order valence-corrected chi connectivity index (χ1v) is 7.92. The minimum Gasteiger partial charge on any atom is -0.492 e. The minimum absolute atomic E-state index is 0.357. The standard InChI is InChI=1S/C19H22N2O4/c1-13-9-14(2)11-17(10-13)25-8-7-20-19(23)21-16-6-4-5-15(12-16)18(22)24-3/h4-6,9-12H,7-8H2,1-3H3,(H2,20,21,23). The fraction of sp³-hybridized carbons (Fsp3) is 0.263. The summed E-state index contributed by atoms with van der Waals surface area (Å²) in [6, 6.07) is 12.1. The number of amides is 2. The fourth-order valence-electron chi connectivity index (χ4n) is 2.37. The molecule has 0 heterocycles. The van der Waals surface area contributed by atoms with Gasteiger partial charge < -0.3 is 20.1 Å². The Balaban J connectivity index is 1.78. The smallest absolute Gasteiger partial charge is 0.337 e. The molecular formula is C19H22N2O4. The van der Waals surface area contributed by atoms with Crippen molar-refractivity contribution >= 4 is 17.7 Å². The molecule has 2 N–H and O–H groups in total. The molecule has 0 saturated carbocycles. The molecular weight excluding hydrogens is 320 g/mol. The zero-order chi connectivity index (χ0) is 18.2. The third-order valence-electron chi connectivity index (χ3n) is 3.39. The minimum atomic E-state index is -0.453. The average molecular weight is 342 g/mol. The number of urea groups is 1. The van der Waals surface area contributed by atoms with Crippen molar-refractivity contribution in [2.45, 2.75) is 13.8 Å². The number of aryl methyl sites for hydroxylation is 2. The number of methoxy groups -OCH3 is 1. The van der Waals surface area contributed by atoms with Crippen LogP contribution in [0.1, 0.15) is 21.5 Å². The third-order valence-corrected chi connectivity index (χ3v) is 3.39. The lowest BCUT2D eigenvalue weighted by Gasteiger charge is -2.10. The summed E-state index contributed by atoms with van der Waals surface area (Å²) in [7, 11) is 1.31. The van der Waals surface area contributed by atoms with Crippen LogP contribution in [0.25, 0.3) is 0 Å². The van der Waals surface area contributed by atoms with Gasteiger partial charge in [-0.15, -0.1) is 0 Å². The lowest BCUT2D eigenvalue weighted by atomic mass is 10.1. The molecule has 0 aliphatic rings. The number of benzene rings is 2. The predicted octanol–water partition coefficient (Wildman–Crippen LogP) is 3.29. The van der Waals surface area contributed by atoms with Crippen LogP contribution in [0.2, 0.25) is 0 Å². The molecule has 0 saturated heterocycles. The normalized spacial score (nSPS) is 10.0. The number of anilines is 1. The lowest BCUT2D eigenvalue weighted by molar-refractivity contribution is 0.0600. The highest BCUT2D eigenvalue weighted by molar-refractivity contribution is 5.93. The molecule has 2 amide bonds. The van der Waals surface area contributed by atoms with Crippen LogP contribution in [-0.4, -0.2) is 32.3 Å². The van der Waals surface area contributed by atoms with E-state index in [1.54, 1.807) is 24.3 Å². The van der Waals surface area contributed by atoms with Gasteiger partial charge in [-0.05, 0) is 55.3 Å². The van der Waals surface area contributed by atoms with Gasteiger partial charge in [-0.3, -0.25) is 0 Å². The molecule has 0 atom stereocenters. The highest BCUT2D eigenvalue weighted by Gasteiger charge is 2.07. The van der Waals surface area contributed by atoms with Gasteiger partial charge in [-0.1, -0.05) is 12.1 Å². The van der Waals surface area contributed by atoms with Crippen LogP contribution in [0.5, 0.6) is 5.75 Å². The van der Waals surface area contributed by atoms with Crippen molar-refractivity contribution in [2.24, 2.45) is 0 Å². The molecule has 2 rings (SSSR count). The number of esters is 1. The zero-order valence-corrected chi connectivity index (χ0v) is 14.6. The van der Waals surface area contributed by atoms with Gasteiger partial charge in [0.2, 0.25) is 0 Å². The molecule has 0 aliphatic carbocycles. The maximum Gasteiger partial charge on any atom is 0.337 e. The van der Waals surface area contributed by atoms with Crippen LogP contribution in [0.3, 0.4) is 0 Å². The highest BCUT2D eigenvalue weighted by atomic mass is 16.5. The van der Waals surface area contributed by atoms with Crippen LogP contribution in [-0.2, 0) is 4.74 Å². The second-order valence-electron chi connectivity index (χ2n) is 5.63. The van der Waals surface area contributed by atoms with Gasteiger partial charge in [-0.25, -0.2) is 9.59 Å². The van der Waals surface area contributed by atoms with Crippen molar-refractivity contribution < 1.29 is 19.1 Å². The Hall–Kier alpha value is -3.02. The van der Waals surface area contributed by atoms with Crippen LogP contribution >= 0.6 is 0 Å². The molecule has 25 heavy (non-hydrogen) atoms. The van der Waals surface area contributed by atoms with Gasteiger partial charge in [0, 0.05) is 5.69 Å². The molecule has 0 unspecified atom stereocenters. The maximum absolute atomic E-state index is 11.9. The van der Waals surface area contributed by atoms with Crippen molar-refractivity contribution in [2.75, 3.05) is 25.6 Å². The monoisotopic (exact) mass is 342 g/mol. The van der Waals surface area contributed by atoms with Gasteiger partial charge in [0.15, 0.2) is 0 Å². The summed E-state index contributed by atoms with van der Waals surface area (Å²) in [5.74, 6) is 0.330. The Morgan fingerprint density at radius 3 is 2.44 bits per heavy atom. The molecule has 0 aromatic heterocycles. The topological polar surface area (TPSA) is 76.7 Å². The number of ether oxygens (including phenoxy) is 2. The van der Waals surface area contributed by atoms with E-state index in [4.69, 9.17) is 4.74 Å². The van der Waals surface area contributed by atoms with Gasteiger partial charge in [0.25, 0.3) is 0 Å². The average Bonchev–Trinajstić information content (AvgIpc) is 2.57. The molecule has 0 spiro atoms. The summed E-state index contributed by atoms with van der Waals surface area (Å²) in [5, 5.41) is 5.37. The van der Waals surface area contributed by atoms with E-state index in [9.17, 15) is 9.59 Å². The first-order chi connectivity index (χ1) is 12.0. The molecule has 2 aromatic carbocycles. The second kappa shape index (κ2) is 8.73. The Morgan fingerprint density at radius 2 is 1.76 bits per heavy atom. The van der Waals surface area contributed by atoms with E-state index in [1.807, 2.05) is 26.0 Å². The van der Waals surface area contributed by atoms with Crippen molar-refractivity contribution in [1.82, 2.24) is 5.32 Å². The predicted molar refractivity (Wildman–Crippen MR) is 96.2 cm³/mol. The summed E-state index contributed by atoms with van der Waals surface area (Å²) >= 11 is 0. The van der Waals surface area contributed by atoms with E-state index in [-0.39, 0.29) is 6.03 Å². The number of hydrogen-bond acceptors (Lipinski definition) is 4. The summed E-state index contributed by atoms with van der Waals surface area (Å²) in [6.45, 7) is 4.73. The van der Waals surface area contributed by atoms with E-state index >= 15 is 0 Å². The van der Waals surface area contributed by atoms with Gasteiger partial charge in [0.05, 0.1) is 19.2 Å². The maximum atomic E-state index is 11.9. The van der Waals surface area contributed by atoms with Crippen LogP contribution in [0, 0.1) is 13.8 Å². The van der Waals surface area contributed by atoms with Gasteiger partial charge >= 0.3 is 12.0 Å². The van der Waals surface area contributed by atoms with E-state index in [0.717, 1.165) is 16.9 Å². The summed E-state index contributed by atoms with van der Waals surface area (Å²) < 4.78 is 10.3. The molecule has 2 aromatic rings. The van der Waals surface area contributed by atoms with Crippen molar-refractivity contribution in [1.29, 1.82) is 0 Å². The van der Waals surface area contributed by atoms with Crippen molar-refractivity contribution in [3.63, 3.8) is 0 Å². The molecule has 0 fully saturated rings. The second-order valence-corrected chi connectivity index (χ2v) is 5.63. The van der Waals surface area contributed by atoms with Crippen LogP contribution < -0.4 is 15.4 Å². The SMILES string of the molecule is COC(=O)c1cccc(NC(=O)NCCOc2cc(C)cc(C)c2)c1. The largest absolute Gasteiger partial charge is 0.492 e. The number of rotatable bonds is 6. The molecule has 0 aliphatic heterocycles. The quantitative estimate of drug-likeness (QED) is 0.624. The molecule has 6 nitrogen and oxygen atoms in total. The Bertz CT molecular complexity index is 739. The summed E-state index contributed by atoms with van der Waals surface area (Å²) in [6.07, 6.45) is 0. The number of nitrogens with one attached hydrogen (secondary N) is 2. The molecule has 0 bridgehead atoms. The Kier molecular flexibility index (Phi) is 6.39. The van der Waals surface area contributed by atoms with Crippen molar-refractivity contribution in [3.8, 4) is 5.75 Å². The Morgan fingerprint density at radius 1 is 1.04 bits per heavy atom. The fourth-order valence-corrected chi connectivity index (χ4v) is 2.37. The Labute approximate surface area is 147 Å². The molecule has 6 heteroatoms. The van der Waals surface area contributed by atoms with E-state index in [1.165, 1.54) is 7.11 Å². The van der Waals surface area contributed by atoms with E-state index < -0.39 is 5.97 Å². The summed E-state index contributed by atoms with van der Waals surface area (Å²) in [4.78, 5) is 23.4. The third kappa shape index (κ3) is 5.84. The number of carbonyl (C=O) groups excluding carboxylic acids is 2. The molecule has 132 valence electrons.